The Labute approximate surface area is 153 Å². The van der Waals surface area contributed by atoms with E-state index in [-0.39, 0.29) is 12.8 Å². The summed E-state index contributed by atoms with van der Waals surface area (Å²) in [4.78, 5) is 24.1. The number of hydrogen-bond acceptors (Lipinski definition) is 3. The monoisotopic (exact) mass is 378 g/mol. The van der Waals surface area contributed by atoms with Crippen molar-refractivity contribution in [1.82, 2.24) is 5.32 Å². The van der Waals surface area contributed by atoms with E-state index in [1.165, 1.54) is 0 Å². The lowest BCUT2D eigenvalue weighted by atomic mass is 9.92. The van der Waals surface area contributed by atoms with Crippen molar-refractivity contribution in [3.05, 3.63) is 54.6 Å². The molecule has 1 saturated heterocycles. The lowest BCUT2D eigenvalue weighted by Gasteiger charge is -2.29. The van der Waals surface area contributed by atoms with Crippen LogP contribution in [0.1, 0.15) is 12.8 Å². The number of ether oxygens (including phenoxy) is 1. The van der Waals surface area contributed by atoms with Gasteiger partial charge in [-0.25, -0.2) is 0 Å². The van der Waals surface area contributed by atoms with Gasteiger partial charge in [0.15, 0.2) is 0 Å². The largest absolute Gasteiger partial charge is 0.457 e. The molecule has 0 spiro atoms. The fourth-order valence-corrected chi connectivity index (χ4v) is 2.76. The van der Waals surface area contributed by atoms with E-state index in [0.29, 0.717) is 17.2 Å². The van der Waals surface area contributed by atoms with E-state index in [1.54, 1.807) is 36.4 Å². The third-order valence-corrected chi connectivity index (χ3v) is 4.19. The number of carbonyl (C=O) groups excluding carboxylic acids is 2. The average molecular weight is 378 g/mol. The number of rotatable bonds is 4. The second-order valence-corrected chi connectivity index (χ2v) is 6.16. The van der Waals surface area contributed by atoms with E-state index in [1.807, 2.05) is 23.5 Å². The van der Waals surface area contributed by atoms with Crippen molar-refractivity contribution in [3.8, 4) is 11.5 Å². The molecule has 8 heteroatoms. The highest BCUT2D eigenvalue weighted by Gasteiger charge is 2.45. The zero-order valence-electron chi connectivity index (χ0n) is 14.1. The topological polar surface area (TPSA) is 67.4 Å². The van der Waals surface area contributed by atoms with Crippen LogP contribution >= 0.6 is 0 Å². The molecule has 1 aliphatic rings. The summed E-state index contributed by atoms with van der Waals surface area (Å²) in [6.07, 6.45) is -4.99. The normalized spacial score (nSPS) is 19.9. The maximum atomic E-state index is 12.7. The maximum absolute atomic E-state index is 12.7. The summed E-state index contributed by atoms with van der Waals surface area (Å²) in [7, 11) is 0. The lowest BCUT2D eigenvalue weighted by molar-refractivity contribution is -0.170. The zero-order chi connectivity index (χ0) is 19.4. The van der Waals surface area contributed by atoms with E-state index in [4.69, 9.17) is 4.74 Å². The highest BCUT2D eigenvalue weighted by Crippen LogP contribution is 2.29. The molecule has 2 aromatic carbocycles. The minimum atomic E-state index is -4.51. The summed E-state index contributed by atoms with van der Waals surface area (Å²) in [5.74, 6) is -1.48. The second kappa shape index (κ2) is 7.69. The van der Waals surface area contributed by atoms with Crippen molar-refractivity contribution < 1.29 is 27.5 Å². The number of nitrogens with one attached hydrogen (secondary N) is 2. The molecule has 142 valence electrons. The predicted molar refractivity (Wildman–Crippen MR) is 92.3 cm³/mol. The summed E-state index contributed by atoms with van der Waals surface area (Å²) >= 11 is 0. The molecule has 1 aliphatic heterocycles. The number of halogens is 3. The number of benzene rings is 2. The first-order chi connectivity index (χ1) is 12.8. The standard InChI is InChI=1S/C19H17F3N2O3/c20-19(21,22)16-11-10-15(18(26)24-16)17(25)23-12-6-8-14(9-7-12)27-13-4-2-1-3-5-13/h1-9,15-16H,10-11H2,(H,23,25)(H,24,26)/t15-,16+/m1/s1. The van der Waals surface area contributed by atoms with Crippen molar-refractivity contribution in [1.29, 1.82) is 0 Å². The Morgan fingerprint density at radius 2 is 1.63 bits per heavy atom. The van der Waals surface area contributed by atoms with Gasteiger partial charge in [-0.05, 0) is 49.2 Å². The molecule has 27 heavy (non-hydrogen) atoms. The van der Waals surface area contributed by atoms with Crippen molar-refractivity contribution in [2.24, 2.45) is 5.92 Å². The predicted octanol–water partition coefficient (Wildman–Crippen LogP) is 3.87. The maximum Gasteiger partial charge on any atom is 0.408 e. The number of alkyl halides is 3. The van der Waals surface area contributed by atoms with Crippen LogP contribution in [0.25, 0.3) is 0 Å². The summed E-state index contributed by atoms with van der Waals surface area (Å²) in [5, 5.41) is 4.41. The van der Waals surface area contributed by atoms with Gasteiger partial charge in [0, 0.05) is 5.69 Å². The first kappa shape index (κ1) is 18.8. The lowest BCUT2D eigenvalue weighted by Crippen LogP contribution is -2.53. The number of piperidine rings is 1. The van der Waals surface area contributed by atoms with Crippen molar-refractivity contribution in [3.63, 3.8) is 0 Å². The first-order valence-corrected chi connectivity index (χ1v) is 8.34. The van der Waals surface area contributed by atoms with Crippen LogP contribution in [0.15, 0.2) is 54.6 Å². The highest BCUT2D eigenvalue weighted by atomic mass is 19.4. The number of carbonyl (C=O) groups is 2. The van der Waals surface area contributed by atoms with Crippen molar-refractivity contribution in [2.75, 3.05) is 5.32 Å². The summed E-state index contributed by atoms with van der Waals surface area (Å²) < 4.78 is 43.6. The second-order valence-electron chi connectivity index (χ2n) is 6.16. The number of hydrogen-bond donors (Lipinski definition) is 2. The van der Waals surface area contributed by atoms with Gasteiger partial charge in [0.05, 0.1) is 0 Å². The van der Waals surface area contributed by atoms with Crippen LogP contribution in [0.3, 0.4) is 0 Å². The fourth-order valence-electron chi connectivity index (χ4n) is 2.76. The molecule has 0 bridgehead atoms. The average Bonchev–Trinajstić information content (AvgIpc) is 2.63. The van der Waals surface area contributed by atoms with Crippen molar-refractivity contribution in [2.45, 2.75) is 25.1 Å². The van der Waals surface area contributed by atoms with Crippen LogP contribution in [-0.2, 0) is 9.59 Å². The van der Waals surface area contributed by atoms with Crippen LogP contribution in [-0.4, -0.2) is 24.0 Å². The van der Waals surface area contributed by atoms with Gasteiger partial charge in [-0.3, -0.25) is 9.59 Å². The molecule has 0 unspecified atom stereocenters. The van der Waals surface area contributed by atoms with E-state index in [2.05, 4.69) is 5.32 Å². The zero-order valence-corrected chi connectivity index (χ0v) is 14.1. The van der Waals surface area contributed by atoms with Crippen LogP contribution < -0.4 is 15.4 Å². The minimum absolute atomic E-state index is 0.156. The molecule has 0 radical (unpaired) electrons. The van der Waals surface area contributed by atoms with Gasteiger partial charge in [-0.2, -0.15) is 13.2 Å². The van der Waals surface area contributed by atoms with E-state index >= 15 is 0 Å². The smallest absolute Gasteiger partial charge is 0.408 e. The Hall–Kier alpha value is -3.03. The highest BCUT2D eigenvalue weighted by molar-refractivity contribution is 6.06. The van der Waals surface area contributed by atoms with Crippen LogP contribution in [0.4, 0.5) is 18.9 Å². The Balaban J connectivity index is 1.57. The summed E-state index contributed by atoms with van der Waals surface area (Å²) in [5.41, 5.74) is 0.422. The van der Waals surface area contributed by atoms with Gasteiger partial charge < -0.3 is 15.4 Å². The molecular formula is C19H17F3N2O3. The molecule has 2 amide bonds. The van der Waals surface area contributed by atoms with Crippen LogP contribution in [0, 0.1) is 5.92 Å². The third-order valence-electron chi connectivity index (χ3n) is 4.19. The molecule has 1 fully saturated rings. The minimum Gasteiger partial charge on any atom is -0.457 e. The molecule has 2 N–H and O–H groups in total. The molecule has 5 nitrogen and oxygen atoms in total. The van der Waals surface area contributed by atoms with Crippen molar-refractivity contribution >= 4 is 17.5 Å². The molecule has 2 atom stereocenters. The van der Waals surface area contributed by atoms with Gasteiger partial charge in [-0.1, -0.05) is 18.2 Å². The SMILES string of the molecule is O=C(Nc1ccc(Oc2ccccc2)cc1)[C@H]1CC[C@@H](C(F)(F)F)NC1=O. The molecule has 2 aromatic rings. The molecule has 0 aliphatic carbocycles. The fraction of sp³-hybridized carbons (Fsp3) is 0.263. The molecule has 0 saturated carbocycles. The van der Waals surface area contributed by atoms with Gasteiger partial charge in [0.1, 0.15) is 23.5 Å². The Morgan fingerprint density at radius 1 is 1.00 bits per heavy atom. The number of amides is 2. The van der Waals surface area contributed by atoms with Crippen LogP contribution in [0.2, 0.25) is 0 Å². The molecular weight excluding hydrogens is 361 g/mol. The third kappa shape index (κ3) is 4.78. The number of anilines is 1. The van der Waals surface area contributed by atoms with E-state index < -0.39 is 30.0 Å². The van der Waals surface area contributed by atoms with Gasteiger partial charge in [0.2, 0.25) is 11.8 Å². The first-order valence-electron chi connectivity index (χ1n) is 8.34. The Bertz CT molecular complexity index is 807. The quantitative estimate of drug-likeness (QED) is 0.794. The Kier molecular flexibility index (Phi) is 5.34. The van der Waals surface area contributed by atoms with Gasteiger partial charge >= 0.3 is 6.18 Å². The Morgan fingerprint density at radius 3 is 2.22 bits per heavy atom. The summed E-state index contributed by atoms with van der Waals surface area (Å²) in [6.45, 7) is 0. The van der Waals surface area contributed by atoms with E-state index in [0.717, 1.165) is 0 Å². The van der Waals surface area contributed by atoms with E-state index in [9.17, 15) is 22.8 Å². The van der Waals surface area contributed by atoms with Gasteiger partial charge in [-0.15, -0.1) is 0 Å². The summed E-state index contributed by atoms with van der Waals surface area (Å²) in [6, 6.07) is 13.7. The molecule has 3 rings (SSSR count). The van der Waals surface area contributed by atoms with Crippen LogP contribution in [0.5, 0.6) is 11.5 Å². The molecule has 1 heterocycles. The number of para-hydroxylation sites is 1. The van der Waals surface area contributed by atoms with Gasteiger partial charge in [0.25, 0.3) is 0 Å². The molecule has 0 aromatic heterocycles.